The van der Waals surface area contributed by atoms with Crippen molar-refractivity contribution < 1.29 is 13.2 Å². The Labute approximate surface area is 110 Å². The van der Waals surface area contributed by atoms with Crippen LogP contribution < -0.4 is 5.32 Å². The highest BCUT2D eigenvalue weighted by molar-refractivity contribution is 5.64. The molecule has 0 saturated carbocycles. The molecule has 19 heavy (non-hydrogen) atoms. The van der Waals surface area contributed by atoms with Crippen LogP contribution in [0.2, 0.25) is 0 Å². The zero-order valence-electron chi connectivity index (χ0n) is 10.5. The summed E-state index contributed by atoms with van der Waals surface area (Å²) in [4.78, 5) is 0. The van der Waals surface area contributed by atoms with E-state index < -0.39 is 17.5 Å². The molecule has 4 heteroatoms. The van der Waals surface area contributed by atoms with E-state index in [2.05, 4.69) is 5.32 Å². The van der Waals surface area contributed by atoms with Gasteiger partial charge >= 0.3 is 0 Å². The van der Waals surface area contributed by atoms with Gasteiger partial charge in [0.15, 0.2) is 0 Å². The summed E-state index contributed by atoms with van der Waals surface area (Å²) < 4.78 is 40.5. The molecule has 0 aliphatic carbocycles. The molecule has 0 radical (unpaired) electrons. The molecule has 0 heterocycles. The van der Waals surface area contributed by atoms with Crippen molar-refractivity contribution in [3.05, 3.63) is 59.4 Å². The lowest BCUT2D eigenvalue weighted by molar-refractivity contribution is 0.592. The largest absolute Gasteiger partial charge is 0.313 e. The Morgan fingerprint density at radius 2 is 1.74 bits per heavy atom. The van der Waals surface area contributed by atoms with Gasteiger partial charge in [-0.1, -0.05) is 19.1 Å². The number of hydrogen-bond donors (Lipinski definition) is 1. The monoisotopic (exact) mass is 265 g/mol. The predicted octanol–water partition coefficient (Wildman–Crippen LogP) is 3.88. The summed E-state index contributed by atoms with van der Waals surface area (Å²) in [7, 11) is 0. The van der Waals surface area contributed by atoms with Gasteiger partial charge in [0.1, 0.15) is 17.5 Å². The number of hydrogen-bond acceptors (Lipinski definition) is 1. The minimum absolute atomic E-state index is 0.0638. The minimum Gasteiger partial charge on any atom is -0.313 e. The van der Waals surface area contributed by atoms with E-state index in [4.69, 9.17) is 0 Å². The van der Waals surface area contributed by atoms with E-state index >= 15 is 0 Å². The van der Waals surface area contributed by atoms with Gasteiger partial charge in [0, 0.05) is 17.7 Å². The molecular weight excluding hydrogens is 251 g/mol. The van der Waals surface area contributed by atoms with E-state index in [1.54, 1.807) is 12.1 Å². The molecule has 0 saturated heterocycles. The maximum atomic E-state index is 13.8. The fraction of sp³-hybridized carbons (Fsp3) is 0.200. The van der Waals surface area contributed by atoms with Gasteiger partial charge in [-0.2, -0.15) is 0 Å². The molecule has 0 fully saturated rings. The fourth-order valence-electron chi connectivity index (χ4n) is 1.84. The second-order valence-electron chi connectivity index (χ2n) is 4.21. The first-order valence-electron chi connectivity index (χ1n) is 6.06. The van der Waals surface area contributed by atoms with Crippen molar-refractivity contribution >= 4 is 0 Å². The molecule has 2 aromatic carbocycles. The zero-order valence-corrected chi connectivity index (χ0v) is 10.5. The van der Waals surface area contributed by atoms with Crippen LogP contribution in [-0.4, -0.2) is 6.54 Å². The summed E-state index contributed by atoms with van der Waals surface area (Å²) in [5, 5.41) is 3.01. The molecule has 0 spiro atoms. The fourth-order valence-corrected chi connectivity index (χ4v) is 1.84. The van der Waals surface area contributed by atoms with Gasteiger partial charge in [-0.15, -0.1) is 0 Å². The van der Waals surface area contributed by atoms with Crippen molar-refractivity contribution in [2.45, 2.75) is 13.5 Å². The second-order valence-corrected chi connectivity index (χ2v) is 4.21. The summed E-state index contributed by atoms with van der Waals surface area (Å²) in [5.74, 6) is -1.55. The Balaban J connectivity index is 2.36. The molecule has 2 aromatic rings. The third kappa shape index (κ3) is 3.15. The average Bonchev–Trinajstić information content (AvgIpc) is 2.40. The first-order valence-corrected chi connectivity index (χ1v) is 6.06. The van der Waals surface area contributed by atoms with Crippen LogP contribution in [-0.2, 0) is 6.54 Å². The van der Waals surface area contributed by atoms with Crippen molar-refractivity contribution in [3.8, 4) is 11.1 Å². The predicted molar refractivity (Wildman–Crippen MR) is 69.1 cm³/mol. The van der Waals surface area contributed by atoms with Gasteiger partial charge in [0.05, 0.1) is 0 Å². The molecule has 1 N–H and O–H groups in total. The quantitative estimate of drug-likeness (QED) is 0.884. The van der Waals surface area contributed by atoms with Crippen LogP contribution >= 0.6 is 0 Å². The van der Waals surface area contributed by atoms with Gasteiger partial charge < -0.3 is 5.32 Å². The molecule has 0 unspecified atom stereocenters. The first-order chi connectivity index (χ1) is 9.11. The highest BCUT2D eigenvalue weighted by Crippen LogP contribution is 2.25. The van der Waals surface area contributed by atoms with Crippen LogP contribution in [0.25, 0.3) is 11.1 Å². The molecular formula is C15H14F3N. The van der Waals surface area contributed by atoms with E-state index in [0.29, 0.717) is 17.7 Å². The molecule has 0 amide bonds. The summed E-state index contributed by atoms with van der Waals surface area (Å²) >= 11 is 0. The summed E-state index contributed by atoms with van der Waals surface area (Å²) in [6, 6.07) is 7.54. The highest BCUT2D eigenvalue weighted by Gasteiger charge is 2.09. The lowest BCUT2D eigenvalue weighted by atomic mass is 10.0. The maximum Gasteiger partial charge on any atom is 0.131 e. The lowest BCUT2D eigenvalue weighted by Gasteiger charge is -2.08. The lowest BCUT2D eigenvalue weighted by Crippen LogP contribution is -2.12. The summed E-state index contributed by atoms with van der Waals surface area (Å²) in [6.07, 6.45) is 0. The van der Waals surface area contributed by atoms with Crippen molar-refractivity contribution in [2.24, 2.45) is 0 Å². The van der Waals surface area contributed by atoms with Crippen molar-refractivity contribution in [3.63, 3.8) is 0 Å². The molecule has 0 aliphatic heterocycles. The number of rotatable bonds is 4. The number of halogens is 3. The van der Waals surface area contributed by atoms with Crippen LogP contribution in [0.4, 0.5) is 13.2 Å². The Morgan fingerprint density at radius 1 is 0.947 bits per heavy atom. The topological polar surface area (TPSA) is 12.0 Å². The highest BCUT2D eigenvalue weighted by atomic mass is 19.1. The van der Waals surface area contributed by atoms with Crippen molar-refractivity contribution in [1.29, 1.82) is 0 Å². The summed E-state index contributed by atoms with van der Waals surface area (Å²) in [5.41, 5.74) is 0.895. The van der Waals surface area contributed by atoms with Crippen LogP contribution in [0.15, 0.2) is 36.4 Å². The third-order valence-electron chi connectivity index (χ3n) is 2.86. The van der Waals surface area contributed by atoms with Crippen LogP contribution in [0.1, 0.15) is 12.5 Å². The minimum atomic E-state index is -0.569. The number of benzene rings is 2. The van der Waals surface area contributed by atoms with E-state index in [1.165, 1.54) is 6.07 Å². The molecule has 2 rings (SSSR count). The second kappa shape index (κ2) is 5.89. The molecule has 0 atom stereocenters. The smallest absolute Gasteiger partial charge is 0.131 e. The van der Waals surface area contributed by atoms with Gasteiger partial charge in [0.25, 0.3) is 0 Å². The SMILES string of the molecule is CCNCc1ccc(-c2cc(F)ccc2F)cc1F. The first kappa shape index (κ1) is 13.6. The van der Waals surface area contributed by atoms with Crippen LogP contribution in [0.3, 0.4) is 0 Å². The third-order valence-corrected chi connectivity index (χ3v) is 2.86. The molecule has 0 aliphatic rings. The standard InChI is InChI=1S/C15H14F3N/c1-2-19-9-11-4-3-10(7-15(11)18)13-8-12(16)5-6-14(13)17/h3-8,19H,2,9H2,1H3. The molecule has 1 nitrogen and oxygen atoms in total. The van der Waals surface area contributed by atoms with Gasteiger partial charge in [-0.25, -0.2) is 13.2 Å². The van der Waals surface area contributed by atoms with Crippen molar-refractivity contribution in [1.82, 2.24) is 5.32 Å². The summed E-state index contributed by atoms with van der Waals surface area (Å²) in [6.45, 7) is 3.07. The van der Waals surface area contributed by atoms with Crippen LogP contribution in [0.5, 0.6) is 0 Å². The average molecular weight is 265 g/mol. The van der Waals surface area contributed by atoms with Gasteiger partial charge in [-0.05, 0) is 36.4 Å². The Morgan fingerprint density at radius 3 is 2.42 bits per heavy atom. The van der Waals surface area contributed by atoms with E-state index in [-0.39, 0.29) is 5.56 Å². The number of nitrogens with one attached hydrogen (secondary N) is 1. The molecule has 100 valence electrons. The molecule has 0 aromatic heterocycles. The normalized spacial score (nSPS) is 10.7. The maximum absolute atomic E-state index is 13.8. The Kier molecular flexibility index (Phi) is 4.22. The van der Waals surface area contributed by atoms with E-state index in [1.807, 2.05) is 6.92 Å². The van der Waals surface area contributed by atoms with Crippen LogP contribution in [0, 0.1) is 17.5 Å². The molecule has 0 bridgehead atoms. The van der Waals surface area contributed by atoms with E-state index in [9.17, 15) is 13.2 Å². The van der Waals surface area contributed by atoms with Crippen molar-refractivity contribution in [2.75, 3.05) is 6.54 Å². The Hall–Kier alpha value is -1.81. The zero-order chi connectivity index (χ0) is 13.8. The Bertz CT molecular complexity index is 582. The van der Waals surface area contributed by atoms with E-state index in [0.717, 1.165) is 24.7 Å². The van der Waals surface area contributed by atoms with Gasteiger partial charge in [0.2, 0.25) is 0 Å². The van der Waals surface area contributed by atoms with Gasteiger partial charge in [-0.3, -0.25) is 0 Å².